The van der Waals surface area contributed by atoms with Crippen LogP contribution in [0.4, 0.5) is 15.0 Å². The predicted molar refractivity (Wildman–Crippen MR) is 164 cm³/mol. The van der Waals surface area contributed by atoms with Crippen LogP contribution in [0.5, 0.6) is 0 Å². The van der Waals surface area contributed by atoms with E-state index in [2.05, 4.69) is 15.0 Å². The maximum absolute atomic E-state index is 15.0. The molecule has 12 heteroatoms. The normalized spacial score (nSPS) is 15.7. The van der Waals surface area contributed by atoms with Crippen molar-refractivity contribution in [2.45, 2.75) is 66.0 Å². The number of benzene rings is 1. The van der Waals surface area contributed by atoms with E-state index in [0.717, 1.165) is 0 Å². The number of halogens is 2. The zero-order chi connectivity index (χ0) is 31.1. The van der Waals surface area contributed by atoms with Gasteiger partial charge < -0.3 is 14.5 Å². The molecule has 4 heterocycles. The molecule has 226 valence electrons. The van der Waals surface area contributed by atoms with Crippen LogP contribution in [0.25, 0.3) is 28.0 Å². The van der Waals surface area contributed by atoms with Crippen LogP contribution in [0.2, 0.25) is 5.02 Å². The van der Waals surface area contributed by atoms with Crippen molar-refractivity contribution >= 4 is 34.5 Å². The molecular formula is C31H35ClFN7O3. The first kappa shape index (κ1) is 30.3. The largest absolute Gasteiger partial charge is 0.444 e. The lowest BCUT2D eigenvalue weighted by molar-refractivity contribution is 0.0218. The number of ether oxygens (including phenoxy) is 1. The van der Waals surface area contributed by atoms with Crippen LogP contribution in [0.15, 0.2) is 41.5 Å². The molecule has 43 heavy (non-hydrogen) atoms. The Kier molecular flexibility index (Phi) is 8.38. The molecule has 0 unspecified atom stereocenters. The van der Waals surface area contributed by atoms with Crippen molar-refractivity contribution in [3.63, 3.8) is 0 Å². The summed E-state index contributed by atoms with van der Waals surface area (Å²) in [5.41, 5.74) is 1.32. The smallest absolute Gasteiger partial charge is 0.410 e. The first-order valence-electron chi connectivity index (χ1n) is 14.4. The summed E-state index contributed by atoms with van der Waals surface area (Å²) in [6, 6.07) is 7.69. The van der Waals surface area contributed by atoms with E-state index in [-0.39, 0.29) is 28.0 Å². The van der Waals surface area contributed by atoms with Gasteiger partial charge in [-0.05, 0) is 58.7 Å². The monoisotopic (exact) mass is 607 g/mol. The van der Waals surface area contributed by atoms with E-state index in [1.807, 2.05) is 46.4 Å². The third kappa shape index (κ3) is 5.90. The molecule has 3 aromatic heterocycles. The number of aryl methyl sites for hydroxylation is 2. The van der Waals surface area contributed by atoms with E-state index in [4.69, 9.17) is 21.3 Å². The van der Waals surface area contributed by atoms with Crippen molar-refractivity contribution in [1.82, 2.24) is 29.4 Å². The molecule has 1 saturated heterocycles. The highest BCUT2D eigenvalue weighted by Gasteiger charge is 2.33. The molecule has 5 rings (SSSR count). The van der Waals surface area contributed by atoms with Crippen LogP contribution in [0.3, 0.4) is 0 Å². The number of hydrogen-bond acceptors (Lipinski definition) is 8. The standard InChI is InChI=1S/C31H35ClFN7O3/c1-7-23-26(24(8-2)35-17-34-23)40-28-20(15-21(32)25(36-28)19-11-9-10-12-22(19)33)27(37-29(40)41)39-14-13-38(16-18(39)3)30(42)43-31(4,5)6/h9-12,15,17-18H,7-8,13-14,16H2,1-6H3/t18-/m0/s1. The molecule has 1 amide bonds. The van der Waals surface area contributed by atoms with Gasteiger partial charge in [-0.15, -0.1) is 0 Å². The van der Waals surface area contributed by atoms with Crippen molar-refractivity contribution in [2.24, 2.45) is 0 Å². The Bertz CT molecular complexity index is 1730. The molecule has 0 spiro atoms. The Morgan fingerprint density at radius 1 is 1.09 bits per heavy atom. The molecule has 1 fully saturated rings. The number of nitrogens with zero attached hydrogens (tertiary/aromatic N) is 7. The minimum absolute atomic E-state index is 0.202. The van der Waals surface area contributed by atoms with Crippen LogP contribution in [0.1, 0.15) is 52.9 Å². The average Bonchev–Trinajstić information content (AvgIpc) is 2.96. The molecule has 0 aliphatic carbocycles. The van der Waals surface area contributed by atoms with Crippen molar-refractivity contribution in [2.75, 3.05) is 24.5 Å². The van der Waals surface area contributed by atoms with Gasteiger partial charge in [-0.2, -0.15) is 4.98 Å². The van der Waals surface area contributed by atoms with Crippen molar-refractivity contribution in [3.05, 3.63) is 69.4 Å². The zero-order valence-electron chi connectivity index (χ0n) is 25.2. The van der Waals surface area contributed by atoms with Crippen molar-refractivity contribution in [1.29, 1.82) is 0 Å². The highest BCUT2D eigenvalue weighted by atomic mass is 35.5. The second-order valence-electron chi connectivity index (χ2n) is 11.5. The summed E-state index contributed by atoms with van der Waals surface area (Å²) in [4.78, 5) is 48.7. The number of carbonyl (C=O) groups excluding carboxylic acids is 1. The average molecular weight is 608 g/mol. The van der Waals surface area contributed by atoms with Crippen LogP contribution in [0, 0.1) is 5.82 Å². The highest BCUT2D eigenvalue weighted by Crippen LogP contribution is 2.35. The lowest BCUT2D eigenvalue weighted by atomic mass is 10.1. The maximum Gasteiger partial charge on any atom is 0.410 e. The van der Waals surface area contributed by atoms with E-state index < -0.39 is 23.2 Å². The zero-order valence-corrected chi connectivity index (χ0v) is 25.9. The van der Waals surface area contributed by atoms with Crippen LogP contribution >= 0.6 is 11.6 Å². The Balaban J connectivity index is 1.72. The van der Waals surface area contributed by atoms with E-state index in [1.54, 1.807) is 29.2 Å². The number of aromatic nitrogens is 5. The topological polar surface area (TPSA) is 106 Å². The second kappa shape index (κ2) is 11.9. The molecule has 4 aromatic rings. The van der Waals surface area contributed by atoms with Gasteiger partial charge in [0.05, 0.1) is 33.2 Å². The Labute approximate surface area is 254 Å². The number of anilines is 1. The molecule has 10 nitrogen and oxygen atoms in total. The summed E-state index contributed by atoms with van der Waals surface area (Å²) >= 11 is 6.78. The number of piperazine rings is 1. The van der Waals surface area contributed by atoms with E-state index >= 15 is 0 Å². The first-order valence-corrected chi connectivity index (χ1v) is 14.8. The molecular weight excluding hydrogens is 573 g/mol. The van der Waals surface area contributed by atoms with E-state index in [1.165, 1.54) is 17.0 Å². The van der Waals surface area contributed by atoms with Gasteiger partial charge in [0, 0.05) is 31.2 Å². The van der Waals surface area contributed by atoms with Gasteiger partial charge in [0.2, 0.25) is 0 Å². The van der Waals surface area contributed by atoms with Gasteiger partial charge in [-0.3, -0.25) is 0 Å². The van der Waals surface area contributed by atoms with Gasteiger partial charge in [0.25, 0.3) is 0 Å². The van der Waals surface area contributed by atoms with Gasteiger partial charge >= 0.3 is 11.8 Å². The molecule has 0 radical (unpaired) electrons. The summed E-state index contributed by atoms with van der Waals surface area (Å²) in [5.74, 6) is -0.104. The third-order valence-electron chi connectivity index (χ3n) is 7.35. The SMILES string of the molecule is CCc1ncnc(CC)c1-n1c(=O)nc(N2CCN(C(=O)OC(C)(C)C)C[C@@H]2C)c2cc(Cl)c(-c3ccccc3F)nc21. The lowest BCUT2D eigenvalue weighted by Gasteiger charge is -2.41. The predicted octanol–water partition coefficient (Wildman–Crippen LogP) is 5.60. The Morgan fingerprint density at radius 3 is 2.37 bits per heavy atom. The van der Waals surface area contributed by atoms with Gasteiger partial charge in [-0.25, -0.2) is 33.5 Å². The maximum atomic E-state index is 15.0. The molecule has 0 saturated carbocycles. The minimum Gasteiger partial charge on any atom is -0.444 e. The molecule has 0 N–H and O–H groups in total. The highest BCUT2D eigenvalue weighted by molar-refractivity contribution is 6.33. The van der Waals surface area contributed by atoms with Crippen molar-refractivity contribution < 1.29 is 13.9 Å². The first-order chi connectivity index (χ1) is 20.4. The molecule has 1 atom stereocenters. The van der Waals surface area contributed by atoms with Crippen LogP contribution in [-0.4, -0.2) is 66.8 Å². The number of rotatable bonds is 5. The quantitative estimate of drug-likeness (QED) is 0.289. The number of amides is 1. The molecule has 1 aliphatic heterocycles. The van der Waals surface area contributed by atoms with Crippen LogP contribution < -0.4 is 10.6 Å². The summed E-state index contributed by atoms with van der Waals surface area (Å²) in [5, 5.41) is 0.719. The summed E-state index contributed by atoms with van der Waals surface area (Å²) in [6.45, 7) is 12.5. The number of pyridine rings is 1. The summed E-state index contributed by atoms with van der Waals surface area (Å²) < 4.78 is 22.0. The van der Waals surface area contributed by atoms with Gasteiger partial charge in [0.15, 0.2) is 5.65 Å². The fraction of sp³-hybridized carbons (Fsp3) is 0.419. The van der Waals surface area contributed by atoms with Gasteiger partial charge in [-0.1, -0.05) is 37.6 Å². The second-order valence-corrected chi connectivity index (χ2v) is 11.9. The van der Waals surface area contributed by atoms with Crippen LogP contribution in [-0.2, 0) is 17.6 Å². The molecule has 1 aromatic carbocycles. The van der Waals surface area contributed by atoms with Gasteiger partial charge in [0.1, 0.15) is 23.6 Å². The number of fused-ring (bicyclic) bond motifs is 1. The third-order valence-corrected chi connectivity index (χ3v) is 7.64. The van der Waals surface area contributed by atoms with Crippen molar-refractivity contribution in [3.8, 4) is 16.9 Å². The minimum atomic E-state index is -0.617. The lowest BCUT2D eigenvalue weighted by Crippen LogP contribution is -2.55. The fourth-order valence-corrected chi connectivity index (χ4v) is 5.62. The van der Waals surface area contributed by atoms with E-state index in [9.17, 15) is 14.0 Å². The molecule has 0 bridgehead atoms. The summed E-state index contributed by atoms with van der Waals surface area (Å²) in [7, 11) is 0. The Morgan fingerprint density at radius 2 is 1.77 bits per heavy atom. The fourth-order valence-electron chi connectivity index (χ4n) is 5.37. The molecule has 1 aliphatic rings. The Hall–Kier alpha value is -4.12. The summed E-state index contributed by atoms with van der Waals surface area (Å²) in [6.07, 6.45) is 2.17. The van der Waals surface area contributed by atoms with E-state index in [0.29, 0.717) is 60.8 Å². The number of carbonyl (C=O) groups is 1. The number of hydrogen-bond donors (Lipinski definition) is 0.